The van der Waals surface area contributed by atoms with Crippen molar-refractivity contribution in [1.82, 2.24) is 14.7 Å². The molecule has 1 amide bonds. The van der Waals surface area contributed by atoms with E-state index in [1.54, 1.807) is 23.5 Å². The predicted octanol–water partition coefficient (Wildman–Crippen LogP) is 3.13. The molecule has 2 aromatic rings. The van der Waals surface area contributed by atoms with Crippen molar-refractivity contribution in [1.29, 1.82) is 0 Å². The number of rotatable bonds is 8. The average Bonchev–Trinajstić information content (AvgIpc) is 3.16. The van der Waals surface area contributed by atoms with Crippen LogP contribution in [0.3, 0.4) is 0 Å². The first-order chi connectivity index (χ1) is 13.5. The molecule has 0 bridgehead atoms. The van der Waals surface area contributed by atoms with Crippen LogP contribution in [0.4, 0.5) is 8.78 Å². The van der Waals surface area contributed by atoms with Gasteiger partial charge in [0.15, 0.2) is 0 Å². The molecule has 1 saturated heterocycles. The third-order valence-electron chi connectivity index (χ3n) is 4.69. The molecule has 2 heterocycles. The first-order valence-corrected chi connectivity index (χ1v) is 10.1. The second-order valence-electron chi connectivity index (χ2n) is 6.93. The maximum atomic E-state index is 12.6. The summed E-state index contributed by atoms with van der Waals surface area (Å²) in [4.78, 5) is 20.1. The number of alkyl halides is 2. The smallest absolute Gasteiger partial charge is 0.387 e. The van der Waals surface area contributed by atoms with E-state index in [4.69, 9.17) is 0 Å². The SMILES string of the molecule is CN(CC(=O)N1CCN(Cc2cccs2)CC1)Cc1ccc(OC(F)F)cc1. The number of hydrogen-bond donors (Lipinski definition) is 0. The molecule has 0 N–H and O–H groups in total. The molecule has 28 heavy (non-hydrogen) atoms. The van der Waals surface area contributed by atoms with Crippen LogP contribution in [0.2, 0.25) is 0 Å². The quantitative estimate of drug-likeness (QED) is 0.671. The summed E-state index contributed by atoms with van der Waals surface area (Å²) in [6.07, 6.45) is 0. The number of carbonyl (C=O) groups is 1. The minimum Gasteiger partial charge on any atom is -0.435 e. The highest BCUT2D eigenvalue weighted by Crippen LogP contribution is 2.16. The van der Waals surface area contributed by atoms with Gasteiger partial charge in [0.25, 0.3) is 0 Å². The maximum Gasteiger partial charge on any atom is 0.387 e. The zero-order chi connectivity index (χ0) is 19.9. The zero-order valence-corrected chi connectivity index (χ0v) is 16.7. The van der Waals surface area contributed by atoms with Gasteiger partial charge in [-0.2, -0.15) is 8.78 Å². The number of benzene rings is 1. The topological polar surface area (TPSA) is 36.0 Å². The van der Waals surface area contributed by atoms with Gasteiger partial charge in [0.2, 0.25) is 5.91 Å². The Balaban J connectivity index is 1.40. The number of piperazine rings is 1. The number of amides is 1. The van der Waals surface area contributed by atoms with Crippen molar-refractivity contribution >= 4 is 17.2 Å². The number of thiophene rings is 1. The summed E-state index contributed by atoms with van der Waals surface area (Å²) < 4.78 is 28.7. The maximum absolute atomic E-state index is 12.6. The van der Waals surface area contributed by atoms with Crippen LogP contribution in [-0.4, -0.2) is 67.0 Å². The van der Waals surface area contributed by atoms with Crippen molar-refractivity contribution in [2.24, 2.45) is 0 Å². The second-order valence-corrected chi connectivity index (χ2v) is 7.96. The summed E-state index contributed by atoms with van der Waals surface area (Å²) in [5.74, 6) is 0.258. The van der Waals surface area contributed by atoms with Gasteiger partial charge in [0.1, 0.15) is 5.75 Å². The Morgan fingerprint density at radius 2 is 1.89 bits per heavy atom. The lowest BCUT2D eigenvalue weighted by Gasteiger charge is -2.35. The lowest BCUT2D eigenvalue weighted by atomic mass is 10.2. The fourth-order valence-corrected chi connectivity index (χ4v) is 4.00. The molecular weight excluding hydrogens is 384 g/mol. The Morgan fingerprint density at radius 3 is 2.50 bits per heavy atom. The summed E-state index contributed by atoms with van der Waals surface area (Å²) in [7, 11) is 1.88. The minimum absolute atomic E-state index is 0.121. The number of ether oxygens (including phenoxy) is 1. The summed E-state index contributed by atoms with van der Waals surface area (Å²) in [5.41, 5.74) is 0.942. The highest BCUT2D eigenvalue weighted by atomic mass is 32.1. The monoisotopic (exact) mass is 409 g/mol. The Bertz CT molecular complexity index is 732. The molecule has 3 rings (SSSR count). The Labute approximate surface area is 168 Å². The van der Waals surface area contributed by atoms with Gasteiger partial charge in [-0.1, -0.05) is 18.2 Å². The molecule has 5 nitrogen and oxygen atoms in total. The highest BCUT2D eigenvalue weighted by Gasteiger charge is 2.22. The van der Waals surface area contributed by atoms with Gasteiger partial charge in [-0.3, -0.25) is 14.6 Å². The molecule has 0 atom stereocenters. The van der Waals surface area contributed by atoms with Gasteiger partial charge in [-0.05, 0) is 36.2 Å². The molecule has 1 aliphatic rings. The van der Waals surface area contributed by atoms with Gasteiger partial charge in [0, 0.05) is 44.1 Å². The molecule has 0 spiro atoms. The van der Waals surface area contributed by atoms with Crippen molar-refractivity contribution in [2.75, 3.05) is 39.8 Å². The van der Waals surface area contributed by atoms with Gasteiger partial charge >= 0.3 is 6.61 Å². The Morgan fingerprint density at radius 1 is 1.18 bits per heavy atom. The molecule has 8 heteroatoms. The standard InChI is InChI=1S/C20H25F2N3O2S/c1-23(13-16-4-6-17(7-5-16)27-20(21)22)15-19(26)25-10-8-24(9-11-25)14-18-3-2-12-28-18/h2-7,12,20H,8-11,13-15H2,1H3. The number of hydrogen-bond acceptors (Lipinski definition) is 5. The molecule has 1 aromatic carbocycles. The predicted molar refractivity (Wildman–Crippen MR) is 106 cm³/mol. The van der Waals surface area contributed by atoms with Crippen molar-refractivity contribution in [3.8, 4) is 5.75 Å². The molecular formula is C20H25F2N3O2S. The van der Waals surface area contributed by atoms with Crippen LogP contribution in [0.15, 0.2) is 41.8 Å². The Hall–Kier alpha value is -2.03. The third-order valence-corrected chi connectivity index (χ3v) is 5.55. The van der Waals surface area contributed by atoms with E-state index in [0.29, 0.717) is 13.1 Å². The molecule has 0 unspecified atom stereocenters. The minimum atomic E-state index is -2.82. The van der Waals surface area contributed by atoms with Crippen LogP contribution in [0, 0.1) is 0 Å². The van der Waals surface area contributed by atoms with Crippen molar-refractivity contribution < 1.29 is 18.3 Å². The van der Waals surface area contributed by atoms with E-state index in [9.17, 15) is 13.6 Å². The van der Waals surface area contributed by atoms with E-state index in [0.717, 1.165) is 38.3 Å². The van der Waals surface area contributed by atoms with Crippen LogP contribution in [-0.2, 0) is 17.9 Å². The zero-order valence-electron chi connectivity index (χ0n) is 15.9. The molecule has 0 saturated carbocycles. The van der Waals surface area contributed by atoms with Crippen molar-refractivity contribution in [2.45, 2.75) is 19.7 Å². The first-order valence-electron chi connectivity index (χ1n) is 9.24. The molecule has 1 aliphatic heterocycles. The molecule has 1 aromatic heterocycles. The summed E-state index contributed by atoms with van der Waals surface area (Å²) in [5, 5.41) is 2.09. The first kappa shape index (κ1) is 20.7. The van der Waals surface area contributed by atoms with Gasteiger partial charge in [-0.25, -0.2) is 0 Å². The largest absolute Gasteiger partial charge is 0.435 e. The van der Waals surface area contributed by atoms with Crippen LogP contribution in [0.1, 0.15) is 10.4 Å². The molecule has 1 fully saturated rings. The summed E-state index contributed by atoms with van der Waals surface area (Å²) in [6, 6.07) is 10.7. The second kappa shape index (κ2) is 9.95. The van der Waals surface area contributed by atoms with Crippen LogP contribution < -0.4 is 4.74 Å². The van der Waals surface area contributed by atoms with Crippen molar-refractivity contribution in [3.63, 3.8) is 0 Å². The van der Waals surface area contributed by atoms with Crippen molar-refractivity contribution in [3.05, 3.63) is 52.2 Å². The number of nitrogens with zero attached hydrogens (tertiary/aromatic N) is 3. The van der Waals surface area contributed by atoms with E-state index in [2.05, 4.69) is 27.1 Å². The van der Waals surface area contributed by atoms with Gasteiger partial charge in [-0.15, -0.1) is 11.3 Å². The van der Waals surface area contributed by atoms with Gasteiger partial charge < -0.3 is 9.64 Å². The summed E-state index contributed by atoms with van der Waals surface area (Å²) in [6.45, 7) is 2.30. The lowest BCUT2D eigenvalue weighted by Crippen LogP contribution is -2.50. The van der Waals surface area contributed by atoms with E-state index in [1.165, 1.54) is 17.0 Å². The molecule has 0 aliphatic carbocycles. The summed E-state index contributed by atoms with van der Waals surface area (Å²) >= 11 is 1.76. The number of likely N-dealkylation sites (N-methyl/N-ethyl adjacent to an activating group) is 1. The van der Waals surface area contributed by atoms with E-state index >= 15 is 0 Å². The van der Waals surface area contributed by atoms with Gasteiger partial charge in [0.05, 0.1) is 6.54 Å². The average molecular weight is 410 g/mol. The number of halogens is 2. The van der Waals surface area contributed by atoms with E-state index in [-0.39, 0.29) is 11.7 Å². The fourth-order valence-electron chi connectivity index (χ4n) is 3.25. The van der Waals surface area contributed by atoms with Crippen LogP contribution >= 0.6 is 11.3 Å². The fraction of sp³-hybridized carbons (Fsp3) is 0.450. The highest BCUT2D eigenvalue weighted by molar-refractivity contribution is 7.09. The number of carbonyl (C=O) groups excluding carboxylic acids is 1. The van der Waals surface area contributed by atoms with Crippen LogP contribution in [0.5, 0.6) is 5.75 Å². The third kappa shape index (κ3) is 6.25. The normalized spacial score (nSPS) is 15.4. The van der Waals surface area contributed by atoms with Crippen LogP contribution in [0.25, 0.3) is 0 Å². The Kier molecular flexibility index (Phi) is 7.36. The van der Waals surface area contributed by atoms with E-state index < -0.39 is 6.61 Å². The lowest BCUT2D eigenvalue weighted by molar-refractivity contribution is -0.134. The molecule has 0 radical (unpaired) electrons. The van der Waals surface area contributed by atoms with E-state index in [1.807, 2.05) is 16.8 Å². The molecule has 152 valence electrons.